The minimum atomic E-state index is -2.01. The molecule has 0 radical (unpaired) electrons. The van der Waals surface area contributed by atoms with Crippen LogP contribution in [0.5, 0.6) is 0 Å². The first-order valence-electron chi connectivity index (χ1n) is 16.5. The maximum atomic E-state index is 2.68. The summed E-state index contributed by atoms with van der Waals surface area (Å²) < 4.78 is 0. The fraction of sp³-hybridized carbons (Fsp3) is 0.333. The van der Waals surface area contributed by atoms with Crippen molar-refractivity contribution in [2.45, 2.75) is 78.6 Å². The predicted octanol–water partition coefficient (Wildman–Crippen LogP) is 11.9. The normalized spacial score (nSPS) is 17.7. The lowest BCUT2D eigenvalue weighted by Crippen LogP contribution is -2.44. The van der Waals surface area contributed by atoms with Crippen LogP contribution in [0.15, 0.2) is 96.1 Å². The van der Waals surface area contributed by atoms with Crippen LogP contribution >= 0.6 is 0 Å². The van der Waals surface area contributed by atoms with E-state index in [2.05, 4.69) is 152 Å². The molecule has 220 valence electrons. The molecule has 0 N–H and O–H groups in total. The van der Waals surface area contributed by atoms with Gasteiger partial charge >= 0.3 is 0 Å². The standard InChI is InChI=1S/C42H48Si/c1-9-29-17-21-31(22-18-29)33-13-11-15-35-39(33)25-37(27(3)4)41(35)43(7,8)42-36-16-12-14-34(40(36)26-38(42)28(5)6)32-23-19-30(10-2)20-24-32/h11-28,41-42H,9-10H2,1-8H3. The van der Waals surface area contributed by atoms with Gasteiger partial charge in [-0.05, 0) is 80.3 Å². The van der Waals surface area contributed by atoms with Gasteiger partial charge in [-0.15, -0.1) is 0 Å². The summed E-state index contributed by atoms with van der Waals surface area (Å²) >= 11 is 0. The Bertz CT molecular complexity index is 1570. The summed E-state index contributed by atoms with van der Waals surface area (Å²) in [5, 5.41) is 0. The smallest absolute Gasteiger partial charge is 0.0679 e. The summed E-state index contributed by atoms with van der Waals surface area (Å²) in [4.78, 5) is 0. The van der Waals surface area contributed by atoms with E-state index in [0.29, 0.717) is 22.9 Å². The molecule has 0 nitrogen and oxygen atoms in total. The summed E-state index contributed by atoms with van der Waals surface area (Å²) in [5.41, 5.74) is 18.5. The minimum absolute atomic E-state index is 0.489. The lowest BCUT2D eigenvalue weighted by Gasteiger charge is -2.41. The summed E-state index contributed by atoms with van der Waals surface area (Å²) in [5.74, 6) is 1.02. The van der Waals surface area contributed by atoms with Crippen molar-refractivity contribution >= 4 is 20.2 Å². The van der Waals surface area contributed by atoms with Crippen molar-refractivity contribution in [3.63, 3.8) is 0 Å². The van der Waals surface area contributed by atoms with Gasteiger partial charge in [-0.1, -0.05) is 163 Å². The van der Waals surface area contributed by atoms with Crippen LogP contribution in [0.3, 0.4) is 0 Å². The second kappa shape index (κ2) is 11.6. The van der Waals surface area contributed by atoms with Crippen LogP contribution in [0.2, 0.25) is 13.1 Å². The van der Waals surface area contributed by atoms with E-state index in [0.717, 1.165) is 12.8 Å². The number of aryl methyl sites for hydroxylation is 2. The van der Waals surface area contributed by atoms with Crippen molar-refractivity contribution in [1.82, 2.24) is 0 Å². The van der Waals surface area contributed by atoms with E-state index in [1.54, 1.807) is 22.3 Å². The molecule has 0 heterocycles. The van der Waals surface area contributed by atoms with Crippen molar-refractivity contribution in [3.05, 3.63) is 129 Å². The molecule has 0 aromatic heterocycles. The third-order valence-electron chi connectivity index (χ3n) is 10.4. The average Bonchev–Trinajstić information content (AvgIpc) is 3.62. The van der Waals surface area contributed by atoms with Crippen molar-refractivity contribution < 1.29 is 0 Å². The highest BCUT2D eigenvalue weighted by Crippen LogP contribution is 2.56. The van der Waals surface area contributed by atoms with E-state index in [9.17, 15) is 0 Å². The number of allylic oxidation sites excluding steroid dienone is 2. The SMILES string of the molecule is CCc1ccc(-c2cccc3c2C=C(C(C)C)C3[Si](C)(C)C2C(C(C)C)=Cc3c(-c4ccc(CC)cc4)cccc32)cc1. The quantitative estimate of drug-likeness (QED) is 0.182. The largest absolute Gasteiger partial charge is 0.0722 e. The van der Waals surface area contributed by atoms with Gasteiger partial charge in [0.1, 0.15) is 0 Å². The molecule has 0 saturated heterocycles. The molecule has 2 aliphatic rings. The molecule has 0 fully saturated rings. The van der Waals surface area contributed by atoms with Gasteiger partial charge in [0.25, 0.3) is 0 Å². The molecule has 4 aromatic carbocycles. The summed E-state index contributed by atoms with van der Waals surface area (Å²) in [7, 11) is -2.01. The summed E-state index contributed by atoms with van der Waals surface area (Å²) in [6.45, 7) is 19.5. The Hall–Kier alpha value is -3.42. The number of hydrogen-bond acceptors (Lipinski definition) is 0. The molecule has 6 rings (SSSR count). The maximum absolute atomic E-state index is 2.68. The molecular weight excluding hydrogens is 533 g/mol. The first kappa shape index (κ1) is 29.6. The van der Waals surface area contributed by atoms with E-state index in [-0.39, 0.29) is 0 Å². The zero-order chi connectivity index (χ0) is 30.5. The molecule has 2 aliphatic carbocycles. The van der Waals surface area contributed by atoms with Crippen LogP contribution in [-0.2, 0) is 12.8 Å². The third-order valence-corrected chi connectivity index (χ3v) is 14.6. The Morgan fingerprint density at radius 2 is 0.907 bits per heavy atom. The molecule has 0 aliphatic heterocycles. The zero-order valence-corrected chi connectivity index (χ0v) is 28.5. The van der Waals surface area contributed by atoms with E-state index < -0.39 is 8.07 Å². The Morgan fingerprint density at radius 1 is 0.535 bits per heavy atom. The highest BCUT2D eigenvalue weighted by atomic mass is 28.3. The molecule has 0 bridgehead atoms. The van der Waals surface area contributed by atoms with Gasteiger partial charge in [0.2, 0.25) is 0 Å². The lowest BCUT2D eigenvalue weighted by molar-refractivity contribution is 0.709. The highest BCUT2D eigenvalue weighted by molar-refractivity contribution is 6.81. The first-order valence-corrected chi connectivity index (χ1v) is 19.7. The van der Waals surface area contributed by atoms with Crippen molar-refractivity contribution in [1.29, 1.82) is 0 Å². The predicted molar refractivity (Wildman–Crippen MR) is 191 cm³/mol. The monoisotopic (exact) mass is 580 g/mol. The molecular formula is C42H48Si. The zero-order valence-electron chi connectivity index (χ0n) is 27.5. The minimum Gasteiger partial charge on any atom is -0.0679 e. The van der Waals surface area contributed by atoms with E-state index in [4.69, 9.17) is 0 Å². The van der Waals surface area contributed by atoms with E-state index in [1.165, 1.54) is 44.5 Å². The van der Waals surface area contributed by atoms with Gasteiger partial charge in [-0.2, -0.15) is 0 Å². The van der Waals surface area contributed by atoms with Gasteiger partial charge < -0.3 is 0 Å². The maximum Gasteiger partial charge on any atom is 0.0722 e. The van der Waals surface area contributed by atoms with Gasteiger partial charge in [0.05, 0.1) is 8.07 Å². The van der Waals surface area contributed by atoms with Gasteiger partial charge in [0.15, 0.2) is 0 Å². The molecule has 0 amide bonds. The van der Waals surface area contributed by atoms with Crippen LogP contribution in [0.4, 0.5) is 0 Å². The number of rotatable bonds is 8. The topological polar surface area (TPSA) is 0 Å². The second-order valence-corrected chi connectivity index (χ2v) is 18.8. The Morgan fingerprint density at radius 3 is 1.23 bits per heavy atom. The number of benzene rings is 4. The van der Waals surface area contributed by atoms with Gasteiger partial charge in [-0.3, -0.25) is 0 Å². The highest BCUT2D eigenvalue weighted by Gasteiger charge is 2.49. The molecule has 1 heteroatoms. The molecule has 0 spiro atoms. The molecule has 0 saturated carbocycles. The fourth-order valence-electron chi connectivity index (χ4n) is 8.02. The van der Waals surface area contributed by atoms with Crippen LogP contribution in [0.1, 0.15) is 86.0 Å². The summed E-state index contributed by atoms with van der Waals surface area (Å²) in [6.07, 6.45) is 7.32. The van der Waals surface area contributed by atoms with Crippen LogP contribution in [-0.4, -0.2) is 8.07 Å². The van der Waals surface area contributed by atoms with Crippen LogP contribution in [0, 0.1) is 11.8 Å². The van der Waals surface area contributed by atoms with Gasteiger partial charge in [0, 0.05) is 11.1 Å². The van der Waals surface area contributed by atoms with Crippen LogP contribution in [0.25, 0.3) is 34.4 Å². The van der Waals surface area contributed by atoms with Crippen molar-refractivity contribution in [2.24, 2.45) is 11.8 Å². The molecule has 4 aromatic rings. The molecule has 2 unspecified atom stereocenters. The molecule has 2 atom stereocenters. The van der Waals surface area contributed by atoms with Crippen molar-refractivity contribution in [3.8, 4) is 22.3 Å². The fourth-order valence-corrected chi connectivity index (χ4v) is 13.0. The third kappa shape index (κ3) is 5.10. The Balaban J connectivity index is 1.49. The van der Waals surface area contributed by atoms with Crippen LogP contribution < -0.4 is 0 Å². The second-order valence-electron chi connectivity index (χ2n) is 14.0. The number of hydrogen-bond donors (Lipinski definition) is 0. The van der Waals surface area contributed by atoms with E-state index >= 15 is 0 Å². The van der Waals surface area contributed by atoms with E-state index in [1.807, 2.05) is 0 Å². The Kier molecular flexibility index (Phi) is 7.98. The van der Waals surface area contributed by atoms with Crippen molar-refractivity contribution in [2.75, 3.05) is 0 Å². The number of fused-ring (bicyclic) bond motifs is 2. The Labute approximate surface area is 261 Å². The van der Waals surface area contributed by atoms with Gasteiger partial charge in [-0.25, -0.2) is 0 Å². The first-order chi connectivity index (χ1) is 20.6. The lowest BCUT2D eigenvalue weighted by atomic mass is 9.95. The molecule has 43 heavy (non-hydrogen) atoms. The average molecular weight is 581 g/mol. The summed E-state index contributed by atoms with van der Waals surface area (Å²) in [6, 6.07) is 32.7.